The van der Waals surface area contributed by atoms with Gasteiger partial charge >= 0.3 is 165 Å². The molecule has 0 aliphatic carbocycles. The maximum absolute atomic E-state index is 5.03. The van der Waals surface area contributed by atoms with Gasteiger partial charge in [0.15, 0.2) is 0 Å². The molecule has 1 aliphatic heterocycles. The van der Waals surface area contributed by atoms with E-state index in [0.29, 0.717) is 0 Å². The van der Waals surface area contributed by atoms with Crippen LogP contribution in [0.3, 0.4) is 0 Å². The number of hydrogen-bond acceptors (Lipinski definition) is 2. The van der Waals surface area contributed by atoms with Crippen LogP contribution in [-0.2, 0) is 0 Å². The molecule has 3 rings (SSSR count). The Morgan fingerprint density at radius 1 is 0.864 bits per heavy atom. The second-order valence-electron chi connectivity index (χ2n) is 4.93. The molecule has 6 heteroatoms. The van der Waals surface area contributed by atoms with Crippen molar-refractivity contribution in [3.8, 4) is 0 Å². The van der Waals surface area contributed by atoms with Crippen molar-refractivity contribution in [2.75, 3.05) is 0 Å². The Labute approximate surface area is 162 Å². The topological polar surface area (TPSA) is 12.4 Å². The summed E-state index contributed by atoms with van der Waals surface area (Å²) in [5, 5.41) is 1.19. The second-order valence-corrected chi connectivity index (χ2v) is 44.1. The predicted octanol–water partition coefficient (Wildman–Crippen LogP) is 7.28. The standard InChI is InChI=1S/C16H14I3NS2/c1-11-3-7-13(8-4-11)15-20-16(22(21-15)19(17)18)14-9-5-12(2)6-10-14/h3-10H,1-2H3. The van der Waals surface area contributed by atoms with Crippen LogP contribution >= 0.6 is 65.2 Å². The summed E-state index contributed by atoms with van der Waals surface area (Å²) in [5.74, 6) is 0. The van der Waals surface area contributed by atoms with Gasteiger partial charge in [0.1, 0.15) is 0 Å². The minimum absolute atomic E-state index is 0.249. The number of hydrogen-bond donors (Lipinski definition) is 0. The van der Waals surface area contributed by atoms with E-state index in [0.717, 1.165) is 0 Å². The summed E-state index contributed by atoms with van der Waals surface area (Å²) < 4.78 is 0. The van der Waals surface area contributed by atoms with Gasteiger partial charge in [0, 0.05) is 0 Å². The number of aliphatic imine (C=N–C) groups is 1. The number of aryl methyl sites for hydroxylation is 2. The van der Waals surface area contributed by atoms with Crippen LogP contribution in [0.5, 0.6) is 0 Å². The Kier molecular flexibility index (Phi) is 6.30. The molecule has 0 N–H and O–H groups in total. The van der Waals surface area contributed by atoms with Crippen molar-refractivity contribution in [2.45, 2.75) is 13.8 Å². The van der Waals surface area contributed by atoms with Crippen molar-refractivity contribution in [1.82, 2.24) is 0 Å². The molecule has 1 unspecified atom stereocenters. The maximum atomic E-state index is 5.03. The van der Waals surface area contributed by atoms with Crippen LogP contribution in [-0.4, -0.2) is 10.0 Å². The van der Waals surface area contributed by atoms with Crippen LogP contribution in [0.4, 0.5) is 0 Å². The number of halogens is 3. The average molecular weight is 665 g/mol. The van der Waals surface area contributed by atoms with E-state index in [4.69, 9.17) is 4.99 Å². The molecular weight excluding hydrogens is 651 g/mol. The molecule has 0 fully saturated rings. The van der Waals surface area contributed by atoms with Gasteiger partial charge in [-0.2, -0.15) is 0 Å². The fourth-order valence-electron chi connectivity index (χ4n) is 2.00. The van der Waals surface area contributed by atoms with Crippen molar-refractivity contribution in [3.05, 3.63) is 70.8 Å². The van der Waals surface area contributed by atoms with E-state index in [9.17, 15) is 0 Å². The summed E-state index contributed by atoms with van der Waals surface area (Å²) in [7, 11) is 0.947. The molecule has 22 heavy (non-hydrogen) atoms. The number of rotatable bonds is 3. The van der Waals surface area contributed by atoms with Crippen LogP contribution in [0.15, 0.2) is 53.5 Å². The van der Waals surface area contributed by atoms with E-state index in [1.165, 1.54) is 32.3 Å². The third kappa shape index (κ3) is 4.09. The number of nitrogens with zero attached hydrogens (tertiary/aromatic N) is 1. The van der Waals surface area contributed by atoms with Crippen molar-refractivity contribution in [2.24, 2.45) is 4.99 Å². The third-order valence-electron chi connectivity index (χ3n) is 3.21. The van der Waals surface area contributed by atoms with E-state index < -0.39 is 10.5 Å². The summed E-state index contributed by atoms with van der Waals surface area (Å²) in [4.78, 5) is 6.33. The molecule has 0 radical (unpaired) electrons. The molecule has 0 amide bonds. The Morgan fingerprint density at radius 3 is 1.86 bits per heavy atom. The van der Waals surface area contributed by atoms with E-state index in [1.54, 1.807) is 0 Å². The van der Waals surface area contributed by atoms with Gasteiger partial charge in [-0.3, -0.25) is 0 Å². The summed E-state index contributed by atoms with van der Waals surface area (Å²) in [6, 6.07) is 17.6. The molecule has 0 saturated carbocycles. The van der Waals surface area contributed by atoms with Gasteiger partial charge in [0.05, 0.1) is 0 Å². The van der Waals surface area contributed by atoms with Crippen molar-refractivity contribution in [3.63, 3.8) is 0 Å². The van der Waals surface area contributed by atoms with Crippen LogP contribution in [0.2, 0.25) is 0 Å². The predicted molar refractivity (Wildman–Crippen MR) is 130 cm³/mol. The van der Waals surface area contributed by atoms with E-state index in [2.05, 4.69) is 99.6 Å². The molecule has 1 nitrogen and oxygen atoms in total. The first-order chi connectivity index (χ1) is 10.5. The van der Waals surface area contributed by atoms with E-state index in [1.807, 2.05) is 10.8 Å². The third-order valence-corrected chi connectivity index (χ3v) is 35.8. The summed E-state index contributed by atoms with van der Waals surface area (Å²) in [5.41, 5.74) is 5.14. The summed E-state index contributed by atoms with van der Waals surface area (Å²) in [6.07, 6.45) is 0. The first-order valence-corrected chi connectivity index (χ1v) is 24.3. The molecule has 1 heterocycles. The molecule has 116 valence electrons. The first kappa shape index (κ1) is 17.7. The van der Waals surface area contributed by atoms with Crippen molar-refractivity contribution >= 4 is 75.2 Å². The SMILES string of the molecule is Cc1ccc(C2=NC(c3ccc(C)cc3)=S(I(I)I)S2)cc1. The van der Waals surface area contributed by atoms with Gasteiger partial charge in [-0.15, -0.1) is 0 Å². The Balaban J connectivity index is 2.00. The van der Waals surface area contributed by atoms with Gasteiger partial charge in [-0.25, -0.2) is 0 Å². The second kappa shape index (κ2) is 7.83. The fraction of sp³-hybridized carbons (Fsp3) is 0.125. The average Bonchev–Trinajstić information content (AvgIpc) is 2.94. The number of benzene rings is 2. The monoisotopic (exact) mass is 665 g/mol. The Morgan fingerprint density at radius 2 is 1.36 bits per heavy atom. The molecule has 0 saturated heterocycles. The van der Waals surface area contributed by atoms with Gasteiger partial charge < -0.3 is 0 Å². The van der Waals surface area contributed by atoms with Gasteiger partial charge in [0.25, 0.3) is 0 Å². The minimum atomic E-state index is -1.03. The van der Waals surface area contributed by atoms with Crippen LogP contribution in [0.25, 0.3) is 0 Å². The normalized spacial score (nSPS) is 18.4. The Hall–Kier alpha value is 0.870. The molecular formula is C16H14I3NS2. The summed E-state index contributed by atoms with van der Waals surface area (Å²) >= 11 is 5.34. The molecule has 0 spiro atoms. The van der Waals surface area contributed by atoms with Gasteiger partial charge in [-0.05, 0) is 0 Å². The van der Waals surface area contributed by atoms with E-state index in [-0.39, 0.29) is 6.69 Å². The summed E-state index contributed by atoms with van der Waals surface area (Å²) in [6.45, 7) is 4.51. The molecule has 0 bridgehead atoms. The van der Waals surface area contributed by atoms with Gasteiger partial charge in [-0.1, -0.05) is 0 Å². The fourth-order valence-corrected chi connectivity index (χ4v) is 24.2. The Bertz CT molecular complexity index is 750. The zero-order valence-electron chi connectivity index (χ0n) is 12.0. The molecule has 0 aromatic heterocycles. The quantitative estimate of drug-likeness (QED) is 0.191. The van der Waals surface area contributed by atoms with Gasteiger partial charge in [0.2, 0.25) is 0 Å². The van der Waals surface area contributed by atoms with Crippen molar-refractivity contribution < 1.29 is 0 Å². The molecule has 1 atom stereocenters. The molecule has 2 aromatic carbocycles. The molecule has 1 aliphatic rings. The van der Waals surface area contributed by atoms with E-state index >= 15 is 0 Å². The molecule has 2 aromatic rings. The van der Waals surface area contributed by atoms with Crippen LogP contribution in [0.1, 0.15) is 22.3 Å². The zero-order chi connectivity index (χ0) is 15.7. The van der Waals surface area contributed by atoms with Crippen molar-refractivity contribution in [1.29, 1.82) is 0 Å². The zero-order valence-corrected chi connectivity index (χ0v) is 20.1. The first-order valence-electron chi connectivity index (χ1n) is 6.60. The van der Waals surface area contributed by atoms with Crippen LogP contribution < -0.4 is 0 Å². The van der Waals surface area contributed by atoms with Crippen LogP contribution in [0, 0.1) is 13.8 Å².